The lowest BCUT2D eigenvalue weighted by atomic mass is 10.0. The molecule has 0 saturated heterocycles. The zero-order chi connectivity index (χ0) is 13.4. The lowest BCUT2D eigenvalue weighted by Gasteiger charge is -2.17. The van der Waals surface area contributed by atoms with Crippen LogP contribution in [0.2, 0.25) is 0 Å². The summed E-state index contributed by atoms with van der Waals surface area (Å²) in [6.45, 7) is 2.73. The summed E-state index contributed by atoms with van der Waals surface area (Å²) in [7, 11) is 3.06. The molecule has 1 N–H and O–H groups in total. The van der Waals surface area contributed by atoms with Gasteiger partial charge in [0.2, 0.25) is 0 Å². The van der Waals surface area contributed by atoms with Gasteiger partial charge in [-0.2, -0.15) is 0 Å². The molecule has 18 heavy (non-hydrogen) atoms. The maximum absolute atomic E-state index is 11.0. The van der Waals surface area contributed by atoms with Gasteiger partial charge in [-0.1, -0.05) is 19.1 Å². The molecule has 0 saturated carbocycles. The van der Waals surface area contributed by atoms with E-state index in [0.717, 1.165) is 12.2 Å². The van der Waals surface area contributed by atoms with Crippen LogP contribution < -0.4 is 10.1 Å². The molecule has 0 spiro atoms. The molecule has 100 valence electrons. The zero-order valence-electron chi connectivity index (χ0n) is 11.2. The van der Waals surface area contributed by atoms with Crippen molar-refractivity contribution in [3.8, 4) is 5.75 Å². The Morgan fingerprint density at radius 1 is 1.28 bits per heavy atom. The molecule has 4 nitrogen and oxygen atoms in total. The molecule has 1 aromatic rings. The first-order valence-electron chi connectivity index (χ1n) is 6.15. The number of carbonyl (C=O) groups excluding carboxylic acids is 1. The molecule has 0 bridgehead atoms. The van der Waals surface area contributed by atoms with Gasteiger partial charge in [-0.05, 0) is 24.1 Å². The van der Waals surface area contributed by atoms with Crippen LogP contribution in [0.4, 0.5) is 0 Å². The van der Waals surface area contributed by atoms with E-state index >= 15 is 0 Å². The summed E-state index contributed by atoms with van der Waals surface area (Å²) in [5.41, 5.74) is 1.20. The van der Waals surface area contributed by atoms with Crippen molar-refractivity contribution in [1.29, 1.82) is 0 Å². The largest absolute Gasteiger partial charge is 0.497 e. The monoisotopic (exact) mass is 251 g/mol. The maximum Gasteiger partial charge on any atom is 0.306 e. The van der Waals surface area contributed by atoms with Crippen molar-refractivity contribution >= 4 is 5.97 Å². The molecule has 0 aliphatic heterocycles. The zero-order valence-corrected chi connectivity index (χ0v) is 11.2. The first-order chi connectivity index (χ1) is 8.71. The SMILES string of the molecule is CCC(NCCC(=O)OC)c1ccc(OC)cc1. The second-order valence-corrected chi connectivity index (χ2v) is 4.01. The fourth-order valence-corrected chi connectivity index (χ4v) is 1.78. The molecular formula is C14H21NO3. The van der Waals surface area contributed by atoms with Crippen LogP contribution in [0.1, 0.15) is 31.4 Å². The summed E-state index contributed by atoms with van der Waals surface area (Å²) in [4.78, 5) is 11.0. The van der Waals surface area contributed by atoms with E-state index in [1.165, 1.54) is 12.7 Å². The predicted molar refractivity (Wildman–Crippen MR) is 70.7 cm³/mol. The van der Waals surface area contributed by atoms with E-state index in [0.29, 0.717) is 13.0 Å². The minimum Gasteiger partial charge on any atom is -0.497 e. The highest BCUT2D eigenvalue weighted by Gasteiger charge is 2.09. The van der Waals surface area contributed by atoms with Gasteiger partial charge in [0.15, 0.2) is 0 Å². The number of methoxy groups -OCH3 is 2. The number of hydrogen-bond acceptors (Lipinski definition) is 4. The van der Waals surface area contributed by atoms with Crippen LogP contribution >= 0.6 is 0 Å². The molecule has 0 fully saturated rings. The summed E-state index contributed by atoms with van der Waals surface area (Å²) in [6.07, 6.45) is 1.36. The minimum absolute atomic E-state index is 0.188. The Balaban J connectivity index is 2.51. The number of ether oxygens (including phenoxy) is 2. The second kappa shape index (κ2) is 7.71. The Labute approximate surface area is 108 Å². The van der Waals surface area contributed by atoms with Crippen molar-refractivity contribution in [1.82, 2.24) is 5.32 Å². The summed E-state index contributed by atoms with van der Waals surface area (Å²) < 4.78 is 9.73. The van der Waals surface area contributed by atoms with Gasteiger partial charge in [-0.3, -0.25) is 4.79 Å². The molecule has 1 aromatic carbocycles. The third-order valence-corrected chi connectivity index (χ3v) is 2.87. The van der Waals surface area contributed by atoms with Gasteiger partial charge in [0.05, 0.1) is 20.6 Å². The fourth-order valence-electron chi connectivity index (χ4n) is 1.78. The summed E-state index contributed by atoms with van der Waals surface area (Å²) in [6, 6.07) is 8.22. The number of hydrogen-bond donors (Lipinski definition) is 1. The van der Waals surface area contributed by atoms with Crippen LogP contribution in [0.5, 0.6) is 5.75 Å². The van der Waals surface area contributed by atoms with Crippen molar-refractivity contribution in [3.63, 3.8) is 0 Å². The summed E-state index contributed by atoms with van der Waals surface area (Å²) >= 11 is 0. The summed E-state index contributed by atoms with van der Waals surface area (Å²) in [5, 5.41) is 3.35. The molecule has 0 aliphatic rings. The quantitative estimate of drug-likeness (QED) is 0.755. The van der Waals surface area contributed by atoms with Gasteiger partial charge in [-0.25, -0.2) is 0 Å². The van der Waals surface area contributed by atoms with Crippen LogP contribution in [0, 0.1) is 0 Å². The van der Waals surface area contributed by atoms with Gasteiger partial charge in [0.25, 0.3) is 0 Å². The molecule has 0 heterocycles. The van der Waals surface area contributed by atoms with E-state index in [4.69, 9.17) is 4.74 Å². The smallest absolute Gasteiger partial charge is 0.306 e. The Hall–Kier alpha value is -1.55. The Bertz CT molecular complexity index is 362. The van der Waals surface area contributed by atoms with Crippen molar-refractivity contribution < 1.29 is 14.3 Å². The van der Waals surface area contributed by atoms with Crippen LogP contribution in [-0.4, -0.2) is 26.7 Å². The van der Waals surface area contributed by atoms with Gasteiger partial charge in [0.1, 0.15) is 5.75 Å². The van der Waals surface area contributed by atoms with E-state index < -0.39 is 0 Å². The lowest BCUT2D eigenvalue weighted by molar-refractivity contribution is -0.140. The van der Waals surface area contributed by atoms with Crippen LogP contribution in [0.15, 0.2) is 24.3 Å². The van der Waals surface area contributed by atoms with E-state index in [1.807, 2.05) is 24.3 Å². The van der Waals surface area contributed by atoms with E-state index in [-0.39, 0.29) is 12.0 Å². The normalized spacial score (nSPS) is 11.9. The van der Waals surface area contributed by atoms with Crippen molar-refractivity contribution in [2.45, 2.75) is 25.8 Å². The topological polar surface area (TPSA) is 47.6 Å². The molecule has 0 radical (unpaired) electrons. The molecule has 0 aliphatic carbocycles. The molecular weight excluding hydrogens is 230 g/mol. The van der Waals surface area contributed by atoms with Gasteiger partial charge in [0, 0.05) is 12.6 Å². The molecule has 1 atom stereocenters. The highest BCUT2D eigenvalue weighted by Crippen LogP contribution is 2.19. The number of nitrogens with one attached hydrogen (secondary N) is 1. The molecule has 1 unspecified atom stereocenters. The first kappa shape index (κ1) is 14.5. The average Bonchev–Trinajstić information content (AvgIpc) is 2.43. The van der Waals surface area contributed by atoms with Crippen LogP contribution in [-0.2, 0) is 9.53 Å². The Kier molecular flexibility index (Phi) is 6.22. The van der Waals surface area contributed by atoms with Gasteiger partial charge >= 0.3 is 5.97 Å². The number of benzene rings is 1. The third kappa shape index (κ3) is 4.37. The average molecular weight is 251 g/mol. The second-order valence-electron chi connectivity index (χ2n) is 4.01. The third-order valence-electron chi connectivity index (χ3n) is 2.87. The van der Waals surface area contributed by atoms with Crippen LogP contribution in [0.25, 0.3) is 0 Å². The Morgan fingerprint density at radius 2 is 1.94 bits per heavy atom. The van der Waals surface area contributed by atoms with E-state index in [1.54, 1.807) is 7.11 Å². The van der Waals surface area contributed by atoms with Crippen LogP contribution in [0.3, 0.4) is 0 Å². The van der Waals surface area contributed by atoms with Crippen molar-refractivity contribution in [2.24, 2.45) is 0 Å². The number of esters is 1. The molecule has 4 heteroatoms. The van der Waals surface area contributed by atoms with Crippen molar-refractivity contribution in [3.05, 3.63) is 29.8 Å². The van der Waals surface area contributed by atoms with Crippen molar-refractivity contribution in [2.75, 3.05) is 20.8 Å². The van der Waals surface area contributed by atoms with E-state index in [2.05, 4.69) is 17.0 Å². The predicted octanol–water partition coefficient (Wildman–Crippen LogP) is 2.30. The standard InChI is InChI=1S/C14H21NO3/c1-4-13(15-10-9-14(16)18-3)11-5-7-12(17-2)8-6-11/h5-8,13,15H,4,9-10H2,1-3H3. The highest BCUT2D eigenvalue weighted by atomic mass is 16.5. The van der Waals surface area contributed by atoms with E-state index in [9.17, 15) is 4.79 Å². The molecule has 1 rings (SSSR count). The molecule has 0 amide bonds. The highest BCUT2D eigenvalue weighted by molar-refractivity contribution is 5.69. The number of carbonyl (C=O) groups is 1. The lowest BCUT2D eigenvalue weighted by Crippen LogP contribution is -2.24. The first-order valence-corrected chi connectivity index (χ1v) is 6.15. The van der Waals surface area contributed by atoms with Gasteiger partial charge in [-0.15, -0.1) is 0 Å². The fraction of sp³-hybridized carbons (Fsp3) is 0.500. The molecule has 0 aromatic heterocycles. The summed E-state index contributed by atoms with van der Waals surface area (Å²) in [5.74, 6) is 0.662. The Morgan fingerprint density at radius 3 is 2.44 bits per heavy atom. The maximum atomic E-state index is 11.0. The van der Waals surface area contributed by atoms with Gasteiger partial charge < -0.3 is 14.8 Å². The number of rotatable bonds is 7. The minimum atomic E-state index is -0.188.